The second-order valence-corrected chi connectivity index (χ2v) is 8.63. The summed E-state index contributed by atoms with van der Waals surface area (Å²) >= 11 is 1.72. The van der Waals surface area contributed by atoms with Crippen LogP contribution < -0.4 is 19.5 Å². The molecule has 3 aromatic rings. The van der Waals surface area contributed by atoms with Gasteiger partial charge in [0, 0.05) is 23.1 Å². The fourth-order valence-corrected chi connectivity index (χ4v) is 4.59. The van der Waals surface area contributed by atoms with E-state index in [1.165, 1.54) is 23.3 Å². The molecule has 2 aromatic carbocycles. The van der Waals surface area contributed by atoms with E-state index in [-0.39, 0.29) is 12.5 Å². The van der Waals surface area contributed by atoms with Gasteiger partial charge in [0.05, 0.1) is 19.9 Å². The average Bonchev–Trinajstić information content (AvgIpc) is 3.53. The molecule has 0 radical (unpaired) electrons. The molecule has 1 aliphatic heterocycles. The van der Waals surface area contributed by atoms with Gasteiger partial charge in [0.1, 0.15) is 17.2 Å². The number of carbonyl (C=O) groups is 1. The second kappa shape index (κ2) is 10.5. The van der Waals surface area contributed by atoms with Crippen molar-refractivity contribution in [3.05, 3.63) is 59.5 Å². The Bertz CT molecular complexity index is 1050. The van der Waals surface area contributed by atoms with E-state index >= 15 is 0 Å². The second-order valence-electron chi connectivity index (χ2n) is 7.69. The molecular weight excluding hydrogens is 424 g/mol. The molecule has 1 saturated heterocycles. The first-order valence-electron chi connectivity index (χ1n) is 10.7. The lowest BCUT2D eigenvalue weighted by atomic mass is 10.1. The van der Waals surface area contributed by atoms with Crippen LogP contribution in [-0.2, 0) is 11.3 Å². The maximum Gasteiger partial charge on any atom is 0.262 e. The van der Waals surface area contributed by atoms with Gasteiger partial charge in [-0.2, -0.15) is 0 Å². The van der Waals surface area contributed by atoms with Gasteiger partial charge in [-0.3, -0.25) is 9.69 Å². The summed E-state index contributed by atoms with van der Waals surface area (Å²) in [5.41, 5.74) is 2.82. The Balaban J connectivity index is 1.47. The quantitative estimate of drug-likeness (QED) is 0.493. The number of nitrogens with one attached hydrogen (secondary N) is 1. The molecule has 1 fully saturated rings. The van der Waals surface area contributed by atoms with E-state index < -0.39 is 0 Å². The molecule has 168 valence electrons. The Kier molecular flexibility index (Phi) is 7.29. The zero-order valence-corrected chi connectivity index (χ0v) is 19.2. The number of carbonyl (C=O) groups excluding carboxylic acids is 1. The van der Waals surface area contributed by atoms with Gasteiger partial charge >= 0.3 is 0 Å². The number of benzene rings is 2. The highest BCUT2D eigenvalue weighted by Crippen LogP contribution is 2.32. The van der Waals surface area contributed by atoms with E-state index in [1.54, 1.807) is 43.8 Å². The molecule has 7 heteroatoms. The summed E-state index contributed by atoms with van der Waals surface area (Å²) in [6.45, 7) is 2.92. The van der Waals surface area contributed by atoms with Crippen molar-refractivity contribution in [1.82, 2.24) is 4.90 Å². The summed E-state index contributed by atoms with van der Waals surface area (Å²) in [6.07, 6.45) is 2.46. The third-order valence-electron chi connectivity index (χ3n) is 5.50. The topological polar surface area (TPSA) is 60.0 Å². The fraction of sp³-hybridized carbons (Fsp3) is 0.320. The number of likely N-dealkylation sites (tertiary alicyclic amines) is 1. The van der Waals surface area contributed by atoms with Crippen LogP contribution in [0.15, 0.2) is 53.9 Å². The van der Waals surface area contributed by atoms with E-state index in [9.17, 15) is 4.79 Å². The predicted octanol–water partition coefficient (Wildman–Crippen LogP) is 5.05. The van der Waals surface area contributed by atoms with Crippen LogP contribution in [0.5, 0.6) is 17.2 Å². The monoisotopic (exact) mass is 452 g/mol. The van der Waals surface area contributed by atoms with Crippen LogP contribution in [0.4, 0.5) is 5.69 Å². The highest BCUT2D eigenvalue weighted by Gasteiger charge is 2.17. The number of thiophene rings is 1. The summed E-state index contributed by atoms with van der Waals surface area (Å²) in [4.78, 5) is 16.3. The van der Waals surface area contributed by atoms with Gasteiger partial charge in [0.25, 0.3) is 5.91 Å². The van der Waals surface area contributed by atoms with E-state index in [4.69, 9.17) is 14.2 Å². The fourth-order valence-electron chi connectivity index (χ4n) is 3.86. The van der Waals surface area contributed by atoms with Crippen LogP contribution in [-0.4, -0.2) is 44.7 Å². The van der Waals surface area contributed by atoms with Crippen LogP contribution in [0.25, 0.3) is 10.4 Å². The van der Waals surface area contributed by atoms with Crippen molar-refractivity contribution in [3.63, 3.8) is 0 Å². The normalized spacial score (nSPS) is 13.7. The van der Waals surface area contributed by atoms with E-state index in [0.717, 1.165) is 30.9 Å². The summed E-state index contributed by atoms with van der Waals surface area (Å²) in [7, 11) is 3.14. The van der Waals surface area contributed by atoms with Gasteiger partial charge < -0.3 is 19.5 Å². The van der Waals surface area contributed by atoms with E-state index in [2.05, 4.69) is 39.9 Å². The molecule has 0 aliphatic carbocycles. The first-order valence-corrected chi connectivity index (χ1v) is 11.6. The lowest BCUT2D eigenvalue weighted by Gasteiger charge is -2.19. The molecule has 0 saturated carbocycles. The third-order valence-corrected chi connectivity index (χ3v) is 6.42. The summed E-state index contributed by atoms with van der Waals surface area (Å²) < 4.78 is 16.6. The molecule has 2 heterocycles. The zero-order chi connectivity index (χ0) is 22.3. The van der Waals surface area contributed by atoms with Crippen molar-refractivity contribution in [2.24, 2.45) is 0 Å². The molecule has 0 atom stereocenters. The maximum atomic E-state index is 12.6. The van der Waals surface area contributed by atoms with Gasteiger partial charge in [-0.25, -0.2) is 0 Å². The molecular formula is C25H28N2O4S. The molecule has 4 rings (SSSR count). The molecule has 1 aromatic heterocycles. The van der Waals surface area contributed by atoms with Gasteiger partial charge in [-0.15, -0.1) is 11.3 Å². The first kappa shape index (κ1) is 22.2. The summed E-state index contributed by atoms with van der Waals surface area (Å²) in [5, 5.41) is 4.94. The SMILES string of the molecule is COc1ccc(OC)c(NC(=O)COc2ccc(-c3cccs3)cc2CN2CCCC2)c1. The Morgan fingerprint density at radius 3 is 2.56 bits per heavy atom. The van der Waals surface area contributed by atoms with Gasteiger partial charge in [0.15, 0.2) is 6.61 Å². The Morgan fingerprint density at radius 1 is 1.03 bits per heavy atom. The Morgan fingerprint density at radius 2 is 1.84 bits per heavy atom. The van der Waals surface area contributed by atoms with Crippen LogP contribution in [0.1, 0.15) is 18.4 Å². The third kappa shape index (κ3) is 5.41. The number of anilines is 1. The van der Waals surface area contributed by atoms with Crippen molar-refractivity contribution in [2.45, 2.75) is 19.4 Å². The predicted molar refractivity (Wildman–Crippen MR) is 128 cm³/mol. The van der Waals surface area contributed by atoms with Crippen molar-refractivity contribution in [3.8, 4) is 27.7 Å². The number of hydrogen-bond acceptors (Lipinski definition) is 6. The minimum absolute atomic E-state index is 0.0916. The van der Waals surface area contributed by atoms with Crippen LogP contribution in [0.2, 0.25) is 0 Å². The lowest BCUT2D eigenvalue weighted by molar-refractivity contribution is -0.118. The minimum atomic E-state index is -0.258. The number of methoxy groups -OCH3 is 2. The van der Waals surface area contributed by atoms with Crippen molar-refractivity contribution < 1.29 is 19.0 Å². The smallest absolute Gasteiger partial charge is 0.262 e. The van der Waals surface area contributed by atoms with Gasteiger partial charge in [0.2, 0.25) is 0 Å². The number of rotatable bonds is 9. The molecule has 0 unspecified atom stereocenters. The summed E-state index contributed by atoms with van der Waals surface area (Å²) in [5.74, 6) is 1.68. The first-order chi connectivity index (χ1) is 15.7. The van der Waals surface area contributed by atoms with Crippen molar-refractivity contribution in [2.75, 3.05) is 39.2 Å². The lowest BCUT2D eigenvalue weighted by Crippen LogP contribution is -2.22. The molecule has 32 heavy (non-hydrogen) atoms. The molecule has 1 aliphatic rings. The molecule has 6 nitrogen and oxygen atoms in total. The maximum absolute atomic E-state index is 12.6. The highest BCUT2D eigenvalue weighted by molar-refractivity contribution is 7.13. The minimum Gasteiger partial charge on any atom is -0.497 e. The molecule has 1 amide bonds. The molecule has 1 N–H and O–H groups in total. The largest absolute Gasteiger partial charge is 0.497 e. The Hall–Kier alpha value is -3.03. The van der Waals surface area contributed by atoms with Gasteiger partial charge in [-0.05, 0) is 73.3 Å². The van der Waals surface area contributed by atoms with E-state index in [0.29, 0.717) is 17.2 Å². The number of ether oxygens (including phenoxy) is 3. The standard InChI is InChI=1S/C25H28N2O4S/c1-29-20-8-10-23(30-2)21(15-20)26-25(28)17-31-22-9-7-18(24-6-5-13-32-24)14-19(22)16-27-11-3-4-12-27/h5-10,13-15H,3-4,11-12,16-17H2,1-2H3,(H,26,28). The Labute approximate surface area is 192 Å². The van der Waals surface area contributed by atoms with Crippen LogP contribution >= 0.6 is 11.3 Å². The number of nitrogens with zero attached hydrogens (tertiary/aromatic N) is 1. The molecule has 0 bridgehead atoms. The van der Waals surface area contributed by atoms with Crippen molar-refractivity contribution in [1.29, 1.82) is 0 Å². The van der Waals surface area contributed by atoms with E-state index in [1.807, 2.05) is 6.07 Å². The number of hydrogen-bond donors (Lipinski definition) is 1. The number of amides is 1. The highest BCUT2D eigenvalue weighted by atomic mass is 32.1. The van der Waals surface area contributed by atoms with Crippen LogP contribution in [0, 0.1) is 0 Å². The molecule has 0 spiro atoms. The van der Waals surface area contributed by atoms with Crippen LogP contribution in [0.3, 0.4) is 0 Å². The van der Waals surface area contributed by atoms with Gasteiger partial charge in [-0.1, -0.05) is 6.07 Å². The average molecular weight is 453 g/mol. The van der Waals surface area contributed by atoms with Crippen molar-refractivity contribution >= 4 is 22.9 Å². The zero-order valence-electron chi connectivity index (χ0n) is 18.4. The summed E-state index contributed by atoms with van der Waals surface area (Å²) in [6, 6.07) is 15.7.